The summed E-state index contributed by atoms with van der Waals surface area (Å²) < 4.78 is 75.9. The monoisotopic (exact) mass is 384 g/mol. The number of rotatable bonds is 2. The summed E-state index contributed by atoms with van der Waals surface area (Å²) in [6.07, 6.45) is -11.5. The molecule has 0 aromatic rings. The van der Waals surface area contributed by atoms with Crippen LogP contribution in [0.5, 0.6) is 0 Å². The lowest BCUT2D eigenvalue weighted by atomic mass is 9.80. The molecule has 0 bridgehead atoms. The first-order chi connectivity index (χ1) is 9.30. The van der Waals surface area contributed by atoms with E-state index in [1.54, 1.807) is 0 Å². The lowest BCUT2D eigenvalue weighted by Gasteiger charge is -2.35. The van der Waals surface area contributed by atoms with E-state index in [-0.39, 0.29) is 18.8 Å². The molecular weight excluding hydrogens is 370 g/mol. The fourth-order valence-electron chi connectivity index (χ4n) is 2.23. The molecule has 0 unspecified atom stereocenters. The van der Waals surface area contributed by atoms with Crippen molar-refractivity contribution < 1.29 is 35.9 Å². The first-order valence-electron chi connectivity index (χ1n) is 6.34. The highest BCUT2D eigenvalue weighted by Crippen LogP contribution is 2.50. The van der Waals surface area contributed by atoms with E-state index in [4.69, 9.17) is 0 Å². The lowest BCUT2D eigenvalue weighted by Crippen LogP contribution is -2.58. The van der Waals surface area contributed by atoms with Gasteiger partial charge >= 0.3 is 22.6 Å². The van der Waals surface area contributed by atoms with E-state index in [9.17, 15) is 31.1 Å². The van der Waals surface area contributed by atoms with Gasteiger partial charge in [0.2, 0.25) is 0 Å². The van der Waals surface area contributed by atoms with E-state index in [0.29, 0.717) is 12.3 Å². The molecule has 0 heterocycles. The van der Waals surface area contributed by atoms with Crippen LogP contribution in [0.4, 0.5) is 26.3 Å². The summed E-state index contributed by atoms with van der Waals surface area (Å²) in [5.41, 5.74) is 0. The van der Waals surface area contributed by atoms with Gasteiger partial charge in [0.15, 0.2) is 0 Å². The molecule has 9 heteroatoms. The average molecular weight is 385 g/mol. The van der Waals surface area contributed by atoms with Crippen molar-refractivity contribution in [3.63, 3.8) is 0 Å². The van der Waals surface area contributed by atoms with Crippen LogP contribution in [0.25, 0.3) is 0 Å². The van der Waals surface area contributed by atoms with Crippen molar-refractivity contribution in [3.05, 3.63) is 0 Å². The molecule has 124 valence electrons. The van der Waals surface area contributed by atoms with Crippen molar-refractivity contribution in [1.82, 2.24) is 0 Å². The maximum Gasteiger partial charge on any atom is 0.423 e. The molecule has 0 amide bonds. The molecule has 0 aromatic heterocycles. The van der Waals surface area contributed by atoms with Gasteiger partial charge in [0.25, 0.3) is 0 Å². The van der Waals surface area contributed by atoms with Crippen LogP contribution in [-0.4, -0.2) is 28.8 Å². The molecule has 0 radical (unpaired) electrons. The van der Waals surface area contributed by atoms with Crippen LogP contribution >= 0.6 is 15.9 Å². The van der Waals surface area contributed by atoms with E-state index >= 15 is 0 Å². The standard InChI is InChI=1S/C12H15BrF6O2/c1-6-3-4-8(5-7(6)2)21-9(20)10(13,11(14,15)16)12(17,18)19/h6-8H,3-5H2,1-2H3/t6-,7-,8-/m0/s1. The Bertz CT molecular complexity index is 378. The molecule has 1 aliphatic carbocycles. The Morgan fingerprint density at radius 2 is 1.48 bits per heavy atom. The summed E-state index contributed by atoms with van der Waals surface area (Å²) >= 11 is 1.52. The van der Waals surface area contributed by atoms with Gasteiger partial charge in [0.1, 0.15) is 6.10 Å². The summed E-state index contributed by atoms with van der Waals surface area (Å²) in [6.45, 7) is 3.75. The fourth-order valence-corrected chi connectivity index (χ4v) is 2.32. The molecule has 1 saturated carbocycles. The molecule has 1 fully saturated rings. The summed E-state index contributed by atoms with van der Waals surface area (Å²) in [6, 6.07) is 0. The van der Waals surface area contributed by atoms with Crippen LogP contribution in [0, 0.1) is 11.8 Å². The molecule has 0 saturated heterocycles. The van der Waals surface area contributed by atoms with Crippen LogP contribution in [-0.2, 0) is 9.53 Å². The minimum atomic E-state index is -5.84. The number of hydrogen-bond donors (Lipinski definition) is 0. The number of carbonyl (C=O) groups excluding carboxylic acids is 1. The highest BCUT2D eigenvalue weighted by molar-refractivity contribution is 9.10. The molecular formula is C12H15BrF6O2. The minimum Gasteiger partial charge on any atom is -0.461 e. The predicted molar refractivity (Wildman–Crippen MR) is 65.8 cm³/mol. The molecule has 3 atom stereocenters. The minimum absolute atomic E-state index is 0.0676. The second-order valence-electron chi connectivity index (χ2n) is 5.45. The van der Waals surface area contributed by atoms with Gasteiger partial charge in [-0.1, -0.05) is 29.8 Å². The number of ether oxygens (including phenoxy) is 1. The van der Waals surface area contributed by atoms with E-state index in [1.165, 1.54) is 15.9 Å². The second-order valence-corrected chi connectivity index (χ2v) is 6.64. The van der Waals surface area contributed by atoms with Crippen LogP contribution < -0.4 is 0 Å². The number of esters is 1. The Labute approximate surface area is 126 Å². The lowest BCUT2D eigenvalue weighted by molar-refractivity contribution is -0.264. The third-order valence-electron chi connectivity index (χ3n) is 3.89. The van der Waals surface area contributed by atoms with E-state index in [0.717, 1.165) is 0 Å². The molecule has 1 rings (SSSR count). The zero-order valence-electron chi connectivity index (χ0n) is 11.3. The Morgan fingerprint density at radius 1 is 1.00 bits per heavy atom. The van der Waals surface area contributed by atoms with Gasteiger partial charge in [0.05, 0.1) is 0 Å². The first kappa shape index (κ1) is 18.6. The highest BCUT2D eigenvalue weighted by Gasteiger charge is 2.76. The van der Waals surface area contributed by atoms with E-state index < -0.39 is 28.8 Å². The molecule has 21 heavy (non-hydrogen) atoms. The SMILES string of the molecule is C[C@H]1CC[C@H](OC(=O)C(Br)(C(F)(F)F)C(F)(F)F)C[C@@H]1C. The summed E-state index contributed by atoms with van der Waals surface area (Å²) in [7, 11) is 0. The van der Waals surface area contributed by atoms with Crippen LogP contribution in [0.3, 0.4) is 0 Å². The number of carbonyl (C=O) groups is 1. The third kappa shape index (κ3) is 3.65. The molecule has 0 N–H and O–H groups in total. The van der Waals surface area contributed by atoms with Gasteiger partial charge in [-0.3, -0.25) is 0 Å². The molecule has 0 spiro atoms. The van der Waals surface area contributed by atoms with Crippen molar-refractivity contribution in [3.8, 4) is 0 Å². The fraction of sp³-hybridized carbons (Fsp3) is 0.917. The largest absolute Gasteiger partial charge is 0.461 e. The van der Waals surface area contributed by atoms with Crippen molar-refractivity contribution in [2.45, 2.75) is 55.9 Å². The van der Waals surface area contributed by atoms with Crippen molar-refractivity contribution in [1.29, 1.82) is 0 Å². The zero-order chi connectivity index (χ0) is 16.6. The van der Waals surface area contributed by atoms with Gasteiger partial charge in [-0.25, -0.2) is 4.79 Å². The Morgan fingerprint density at radius 3 is 1.86 bits per heavy atom. The van der Waals surface area contributed by atoms with Crippen molar-refractivity contribution >= 4 is 21.9 Å². The number of hydrogen-bond acceptors (Lipinski definition) is 2. The normalized spacial score (nSPS) is 28.3. The molecule has 2 nitrogen and oxygen atoms in total. The average Bonchev–Trinajstić information content (AvgIpc) is 2.29. The molecule has 1 aliphatic rings. The Kier molecular flexibility index (Phi) is 5.28. The maximum atomic E-state index is 12.7. The Hall–Kier alpha value is -0.470. The van der Waals surface area contributed by atoms with Crippen LogP contribution in [0.2, 0.25) is 0 Å². The molecule has 0 aromatic carbocycles. The second kappa shape index (κ2) is 5.96. The Balaban J connectivity index is 2.89. The first-order valence-corrected chi connectivity index (χ1v) is 7.13. The smallest absolute Gasteiger partial charge is 0.423 e. The highest BCUT2D eigenvalue weighted by atomic mass is 79.9. The quantitative estimate of drug-likeness (QED) is 0.394. The zero-order valence-corrected chi connectivity index (χ0v) is 12.9. The summed E-state index contributed by atoms with van der Waals surface area (Å²) in [4.78, 5) is 11.5. The maximum absolute atomic E-state index is 12.7. The van der Waals surface area contributed by atoms with Crippen LogP contribution in [0.1, 0.15) is 33.1 Å². The van der Waals surface area contributed by atoms with E-state index in [2.05, 4.69) is 4.74 Å². The van der Waals surface area contributed by atoms with Gasteiger partial charge in [0, 0.05) is 0 Å². The van der Waals surface area contributed by atoms with E-state index in [1.807, 2.05) is 13.8 Å². The third-order valence-corrected chi connectivity index (χ3v) is 5.11. The van der Waals surface area contributed by atoms with Crippen molar-refractivity contribution in [2.24, 2.45) is 11.8 Å². The van der Waals surface area contributed by atoms with Gasteiger partial charge in [-0.2, -0.15) is 26.3 Å². The van der Waals surface area contributed by atoms with Gasteiger partial charge in [-0.15, -0.1) is 0 Å². The van der Waals surface area contributed by atoms with Gasteiger partial charge < -0.3 is 4.74 Å². The van der Waals surface area contributed by atoms with Crippen LogP contribution in [0.15, 0.2) is 0 Å². The summed E-state index contributed by atoms with van der Waals surface area (Å²) in [5, 5.41) is 0. The summed E-state index contributed by atoms with van der Waals surface area (Å²) in [5.74, 6) is -1.99. The molecule has 0 aliphatic heterocycles. The number of alkyl halides is 7. The van der Waals surface area contributed by atoms with Gasteiger partial charge in [-0.05, 0) is 31.1 Å². The van der Waals surface area contributed by atoms with Crippen molar-refractivity contribution in [2.75, 3.05) is 0 Å². The number of halogens is 7. The predicted octanol–water partition coefficient (Wildman–Crippen LogP) is 4.61. The topological polar surface area (TPSA) is 26.3 Å².